The quantitative estimate of drug-likeness (QED) is 0.521. The number of carbonyl (C=O) groups excluding carboxylic acids is 1. The van der Waals surface area contributed by atoms with Crippen molar-refractivity contribution in [3.63, 3.8) is 0 Å². The second-order valence-electron chi connectivity index (χ2n) is 8.79. The van der Waals surface area contributed by atoms with E-state index in [4.69, 9.17) is 27.9 Å². The Balaban J connectivity index is 1.76. The number of amides is 1. The first-order valence-corrected chi connectivity index (χ1v) is 14.0. The van der Waals surface area contributed by atoms with Crippen molar-refractivity contribution in [3.8, 4) is 5.75 Å². The number of hydrogen-bond acceptors (Lipinski definition) is 4. The molecule has 9 heteroatoms. The van der Waals surface area contributed by atoms with Crippen molar-refractivity contribution in [1.82, 2.24) is 9.21 Å². The van der Waals surface area contributed by atoms with Gasteiger partial charge in [0.1, 0.15) is 16.7 Å². The normalized spacial score (nSPS) is 22.7. The van der Waals surface area contributed by atoms with E-state index in [1.165, 1.54) is 12.1 Å². The number of fused-ring (bicyclic) bond motifs is 2. The summed E-state index contributed by atoms with van der Waals surface area (Å²) in [6.07, 6.45) is 4.21. The van der Waals surface area contributed by atoms with Crippen LogP contribution in [0.3, 0.4) is 0 Å². The Hall–Kier alpha value is -1.80. The number of sulfonamides is 1. The summed E-state index contributed by atoms with van der Waals surface area (Å²) in [6, 6.07) is 11.4. The summed E-state index contributed by atoms with van der Waals surface area (Å²) in [5, 5.41) is 0.498. The predicted octanol–water partition coefficient (Wildman–Crippen LogP) is 5.63. The van der Waals surface area contributed by atoms with Crippen molar-refractivity contribution in [2.45, 2.75) is 62.5 Å². The highest BCUT2D eigenvalue weighted by atomic mass is 35.5. The van der Waals surface area contributed by atoms with Crippen molar-refractivity contribution in [1.29, 1.82) is 0 Å². The molecule has 2 atom stereocenters. The van der Waals surface area contributed by atoms with E-state index in [9.17, 15) is 13.2 Å². The Morgan fingerprint density at radius 2 is 1.74 bits per heavy atom. The maximum Gasteiger partial charge on any atom is 0.257 e. The maximum absolute atomic E-state index is 13.9. The molecule has 1 amide bonds. The number of rotatable bonds is 3. The molecule has 34 heavy (non-hydrogen) atoms. The lowest BCUT2D eigenvalue weighted by Crippen LogP contribution is -2.51. The van der Waals surface area contributed by atoms with Crippen molar-refractivity contribution in [3.05, 3.63) is 58.1 Å². The predicted molar refractivity (Wildman–Crippen MR) is 134 cm³/mol. The van der Waals surface area contributed by atoms with E-state index in [2.05, 4.69) is 0 Å². The summed E-state index contributed by atoms with van der Waals surface area (Å²) in [5.41, 5.74) is 0.518. The zero-order chi connectivity index (χ0) is 24.3. The molecule has 0 bridgehead atoms. The van der Waals surface area contributed by atoms with E-state index in [0.717, 1.165) is 12.8 Å². The Morgan fingerprint density at radius 1 is 1.00 bits per heavy atom. The van der Waals surface area contributed by atoms with Crippen LogP contribution in [0.5, 0.6) is 5.75 Å². The first-order chi connectivity index (χ1) is 16.3. The van der Waals surface area contributed by atoms with Crippen LogP contribution in [0, 0.1) is 0 Å². The fraction of sp³-hybridized carbons (Fsp3) is 0.480. The van der Waals surface area contributed by atoms with Gasteiger partial charge in [0, 0.05) is 24.7 Å². The van der Waals surface area contributed by atoms with Crippen LogP contribution in [0.2, 0.25) is 10.0 Å². The number of hydrogen-bond donors (Lipinski definition) is 0. The first-order valence-electron chi connectivity index (χ1n) is 11.8. The van der Waals surface area contributed by atoms with E-state index < -0.39 is 10.0 Å². The van der Waals surface area contributed by atoms with E-state index in [1.54, 1.807) is 27.4 Å². The summed E-state index contributed by atoms with van der Waals surface area (Å²) in [6.45, 7) is 3.40. The minimum absolute atomic E-state index is 0.0524. The molecule has 0 spiro atoms. The lowest BCUT2D eigenvalue weighted by Gasteiger charge is -2.40. The van der Waals surface area contributed by atoms with Gasteiger partial charge in [0.2, 0.25) is 10.0 Å². The van der Waals surface area contributed by atoms with Crippen molar-refractivity contribution in [2.75, 3.05) is 19.6 Å². The van der Waals surface area contributed by atoms with E-state index in [0.29, 0.717) is 61.7 Å². The molecule has 1 saturated carbocycles. The van der Waals surface area contributed by atoms with E-state index >= 15 is 0 Å². The molecule has 0 unspecified atom stereocenters. The zero-order valence-electron chi connectivity index (χ0n) is 19.3. The Labute approximate surface area is 211 Å². The maximum atomic E-state index is 13.9. The molecule has 1 aliphatic heterocycles. The third kappa shape index (κ3) is 5.23. The summed E-state index contributed by atoms with van der Waals surface area (Å²) < 4.78 is 35.8. The van der Waals surface area contributed by atoms with Gasteiger partial charge in [0.25, 0.3) is 5.91 Å². The molecular weight excluding hydrogens is 495 g/mol. The standard InChI is InChI=1S/C25H30Cl2N2O4S/c1-2-28-15-7-8-16-29(34(31,32)24-14-13-18(26)17-20(24)27)21-10-4-6-12-23(21)33-22-11-5-3-9-19(22)25(28)30/h3,5,9,11,13-14,17,21,23H,2,4,6-8,10,12,15-16H2,1H3/t21-,23+/m1/s1. The molecule has 0 radical (unpaired) electrons. The lowest BCUT2D eigenvalue weighted by atomic mass is 9.92. The van der Waals surface area contributed by atoms with E-state index in [1.807, 2.05) is 19.1 Å². The lowest BCUT2D eigenvalue weighted by molar-refractivity contribution is 0.0641. The summed E-state index contributed by atoms with van der Waals surface area (Å²) in [5.74, 6) is 0.453. The molecule has 1 aliphatic carbocycles. The molecule has 1 fully saturated rings. The fourth-order valence-electron chi connectivity index (χ4n) is 4.87. The average Bonchev–Trinajstić information content (AvgIpc) is 2.81. The number of para-hydroxylation sites is 1. The SMILES string of the molecule is CCN1CCCCN(S(=O)(=O)c2ccc(Cl)cc2Cl)[C@@H]2CCCC[C@@H]2Oc2ccccc2C1=O. The third-order valence-corrected chi connectivity index (χ3v) is 9.28. The Morgan fingerprint density at radius 3 is 2.50 bits per heavy atom. The van der Waals surface area contributed by atoms with Crippen molar-refractivity contribution < 1.29 is 17.9 Å². The summed E-state index contributed by atoms with van der Waals surface area (Å²) in [4.78, 5) is 15.1. The van der Waals surface area contributed by atoms with Gasteiger partial charge in [-0.1, -0.05) is 41.8 Å². The summed E-state index contributed by atoms with van der Waals surface area (Å²) in [7, 11) is -3.89. The molecule has 0 N–H and O–H groups in total. The fourth-order valence-corrected chi connectivity index (χ4v) is 7.34. The van der Waals surface area contributed by atoms with Gasteiger partial charge < -0.3 is 9.64 Å². The van der Waals surface area contributed by atoms with Crippen molar-refractivity contribution in [2.24, 2.45) is 0 Å². The Bertz CT molecular complexity index is 1140. The van der Waals surface area contributed by atoms with Gasteiger partial charge in [-0.15, -0.1) is 0 Å². The molecule has 0 aromatic heterocycles. The number of nitrogens with zero attached hydrogens (tertiary/aromatic N) is 2. The van der Waals surface area contributed by atoms with Gasteiger partial charge >= 0.3 is 0 Å². The molecule has 2 aliphatic rings. The van der Waals surface area contributed by atoms with Crippen LogP contribution in [0.4, 0.5) is 0 Å². The number of halogens is 2. The van der Waals surface area contributed by atoms with Crippen LogP contribution in [0.25, 0.3) is 0 Å². The van der Waals surface area contributed by atoms with Gasteiger partial charge in [-0.3, -0.25) is 4.79 Å². The topological polar surface area (TPSA) is 66.9 Å². The monoisotopic (exact) mass is 524 g/mol. The van der Waals surface area contributed by atoms with Gasteiger partial charge in [0.15, 0.2) is 0 Å². The van der Waals surface area contributed by atoms with Gasteiger partial charge in [-0.2, -0.15) is 4.31 Å². The first kappa shape index (κ1) is 25.3. The van der Waals surface area contributed by atoms with Crippen LogP contribution >= 0.6 is 23.2 Å². The highest BCUT2D eigenvalue weighted by Crippen LogP contribution is 2.35. The number of benzene rings is 2. The highest BCUT2D eigenvalue weighted by Gasteiger charge is 2.40. The van der Waals surface area contributed by atoms with E-state index in [-0.39, 0.29) is 28.0 Å². The minimum Gasteiger partial charge on any atom is -0.488 e. The number of carbonyl (C=O) groups is 1. The zero-order valence-corrected chi connectivity index (χ0v) is 21.6. The molecule has 6 nitrogen and oxygen atoms in total. The van der Waals surface area contributed by atoms with Crippen LogP contribution < -0.4 is 4.74 Å². The molecule has 4 rings (SSSR count). The van der Waals surface area contributed by atoms with Crippen LogP contribution in [0.1, 0.15) is 55.8 Å². The third-order valence-electron chi connectivity index (χ3n) is 6.64. The molecule has 2 aromatic carbocycles. The van der Waals surface area contributed by atoms with Crippen LogP contribution in [0.15, 0.2) is 47.4 Å². The largest absolute Gasteiger partial charge is 0.488 e. The number of ether oxygens (including phenoxy) is 1. The second kappa shape index (κ2) is 10.9. The highest BCUT2D eigenvalue weighted by molar-refractivity contribution is 7.89. The van der Waals surface area contributed by atoms with Crippen LogP contribution in [-0.4, -0.2) is 55.3 Å². The molecular formula is C25H30Cl2N2O4S. The molecule has 2 aromatic rings. The van der Waals surface area contributed by atoms with Gasteiger partial charge in [-0.25, -0.2) is 8.42 Å². The smallest absolute Gasteiger partial charge is 0.257 e. The average molecular weight is 525 g/mol. The second-order valence-corrected chi connectivity index (χ2v) is 11.5. The minimum atomic E-state index is -3.89. The molecule has 184 valence electrons. The molecule has 1 heterocycles. The Kier molecular flexibility index (Phi) is 8.08. The molecule has 0 saturated heterocycles. The van der Waals surface area contributed by atoms with Gasteiger partial charge in [0.05, 0.1) is 16.6 Å². The van der Waals surface area contributed by atoms with Crippen LogP contribution in [-0.2, 0) is 10.0 Å². The van der Waals surface area contributed by atoms with Crippen molar-refractivity contribution >= 4 is 39.1 Å². The summed E-state index contributed by atoms with van der Waals surface area (Å²) >= 11 is 12.4. The van der Waals surface area contributed by atoms with Gasteiger partial charge in [-0.05, 0) is 69.4 Å².